The maximum Gasteiger partial charge on any atom is 0.253 e. The van der Waals surface area contributed by atoms with E-state index in [1.54, 1.807) is 0 Å². The third kappa shape index (κ3) is 2.87. The molecule has 0 aliphatic heterocycles. The highest BCUT2D eigenvalue weighted by molar-refractivity contribution is 5.99. The maximum absolute atomic E-state index is 11.7. The van der Waals surface area contributed by atoms with Crippen LogP contribution in [0, 0.1) is 0 Å². The Morgan fingerprint density at radius 3 is 2.81 bits per heavy atom. The number of phenolic OH excluding ortho intramolecular Hbond substituents is 1. The van der Waals surface area contributed by atoms with E-state index in [-0.39, 0.29) is 24.0 Å². The Balaban J connectivity index is 2.83. The van der Waals surface area contributed by atoms with Gasteiger partial charge in [0.2, 0.25) is 0 Å². The maximum atomic E-state index is 11.7. The van der Waals surface area contributed by atoms with Gasteiger partial charge in [0.15, 0.2) is 0 Å². The van der Waals surface area contributed by atoms with Gasteiger partial charge in [-0.3, -0.25) is 4.79 Å². The van der Waals surface area contributed by atoms with Crippen molar-refractivity contribution < 1.29 is 15.0 Å². The van der Waals surface area contributed by atoms with E-state index >= 15 is 0 Å². The SMILES string of the molecule is CC[C@@H](CO)NC(=O)c1cc(O)ccc1N. The normalized spacial score (nSPS) is 12.1. The Labute approximate surface area is 93.9 Å². The standard InChI is InChI=1S/C11H16N2O3/c1-2-7(6-14)13-11(16)9-5-8(15)3-4-10(9)12/h3-5,7,14-15H,2,6,12H2,1H3,(H,13,16)/t7-/m0/s1. The number of amides is 1. The molecule has 0 spiro atoms. The number of rotatable bonds is 4. The second-order valence-corrected chi connectivity index (χ2v) is 3.53. The number of hydrogen-bond acceptors (Lipinski definition) is 4. The number of anilines is 1. The molecule has 0 unspecified atom stereocenters. The van der Waals surface area contributed by atoms with Gasteiger partial charge in [0.05, 0.1) is 18.2 Å². The first-order valence-electron chi connectivity index (χ1n) is 5.08. The highest BCUT2D eigenvalue weighted by Crippen LogP contribution is 2.18. The molecule has 0 aromatic heterocycles. The predicted octanol–water partition coefficient (Wildman–Crippen LogP) is 0.475. The van der Waals surface area contributed by atoms with Crippen molar-refractivity contribution in [3.8, 4) is 5.75 Å². The fourth-order valence-electron chi connectivity index (χ4n) is 1.28. The van der Waals surface area contributed by atoms with Crippen molar-refractivity contribution in [2.24, 2.45) is 0 Å². The number of aliphatic hydroxyl groups is 1. The minimum atomic E-state index is -0.394. The van der Waals surface area contributed by atoms with Crippen LogP contribution in [0.1, 0.15) is 23.7 Å². The first kappa shape index (κ1) is 12.3. The number of nitrogen functional groups attached to an aromatic ring is 1. The van der Waals surface area contributed by atoms with E-state index in [1.807, 2.05) is 6.92 Å². The molecule has 16 heavy (non-hydrogen) atoms. The fraction of sp³-hybridized carbons (Fsp3) is 0.364. The Hall–Kier alpha value is -1.75. The van der Waals surface area contributed by atoms with Crippen molar-refractivity contribution >= 4 is 11.6 Å². The van der Waals surface area contributed by atoms with Gasteiger partial charge >= 0.3 is 0 Å². The highest BCUT2D eigenvalue weighted by Gasteiger charge is 2.14. The number of phenols is 1. The number of hydrogen-bond donors (Lipinski definition) is 4. The number of aromatic hydroxyl groups is 1. The van der Waals surface area contributed by atoms with Gasteiger partial charge in [-0.2, -0.15) is 0 Å². The zero-order valence-corrected chi connectivity index (χ0v) is 9.10. The summed E-state index contributed by atoms with van der Waals surface area (Å²) in [5, 5.41) is 20.8. The number of benzene rings is 1. The molecular formula is C11H16N2O3. The number of carbonyl (C=O) groups excluding carboxylic acids is 1. The molecular weight excluding hydrogens is 208 g/mol. The first-order chi connectivity index (χ1) is 7.58. The van der Waals surface area contributed by atoms with Crippen molar-refractivity contribution in [2.45, 2.75) is 19.4 Å². The topological polar surface area (TPSA) is 95.6 Å². The van der Waals surface area contributed by atoms with Crippen LogP contribution >= 0.6 is 0 Å². The van der Waals surface area contributed by atoms with Gasteiger partial charge in [-0.15, -0.1) is 0 Å². The van der Waals surface area contributed by atoms with E-state index in [9.17, 15) is 9.90 Å². The fourth-order valence-corrected chi connectivity index (χ4v) is 1.28. The summed E-state index contributed by atoms with van der Waals surface area (Å²) in [6.45, 7) is 1.73. The van der Waals surface area contributed by atoms with Crippen LogP contribution in [0.25, 0.3) is 0 Å². The number of nitrogens with two attached hydrogens (primary N) is 1. The largest absolute Gasteiger partial charge is 0.508 e. The molecule has 0 fully saturated rings. The van der Waals surface area contributed by atoms with Crippen LogP contribution in [-0.2, 0) is 0 Å². The minimum Gasteiger partial charge on any atom is -0.508 e. The molecule has 1 amide bonds. The predicted molar refractivity (Wildman–Crippen MR) is 61.2 cm³/mol. The van der Waals surface area contributed by atoms with Crippen LogP contribution in [0.15, 0.2) is 18.2 Å². The molecule has 5 heteroatoms. The lowest BCUT2D eigenvalue weighted by Crippen LogP contribution is -2.37. The lowest BCUT2D eigenvalue weighted by molar-refractivity contribution is 0.0915. The van der Waals surface area contributed by atoms with Crippen molar-refractivity contribution in [2.75, 3.05) is 12.3 Å². The van der Waals surface area contributed by atoms with Crippen LogP contribution in [-0.4, -0.2) is 28.8 Å². The average molecular weight is 224 g/mol. The van der Waals surface area contributed by atoms with Crippen LogP contribution in [0.5, 0.6) is 5.75 Å². The molecule has 0 aliphatic rings. The van der Waals surface area contributed by atoms with Crippen LogP contribution in [0.2, 0.25) is 0 Å². The molecule has 0 bridgehead atoms. The van der Waals surface area contributed by atoms with E-state index in [0.29, 0.717) is 12.1 Å². The van der Waals surface area contributed by atoms with Crippen molar-refractivity contribution in [1.82, 2.24) is 5.32 Å². The van der Waals surface area contributed by atoms with Gasteiger partial charge in [-0.1, -0.05) is 6.92 Å². The monoisotopic (exact) mass is 224 g/mol. The highest BCUT2D eigenvalue weighted by atomic mass is 16.3. The summed E-state index contributed by atoms with van der Waals surface area (Å²) in [4.78, 5) is 11.7. The van der Waals surface area contributed by atoms with Crippen molar-refractivity contribution in [3.05, 3.63) is 23.8 Å². The van der Waals surface area contributed by atoms with Crippen molar-refractivity contribution in [3.63, 3.8) is 0 Å². The van der Waals surface area contributed by atoms with Crippen LogP contribution in [0.4, 0.5) is 5.69 Å². The lowest BCUT2D eigenvalue weighted by atomic mass is 10.1. The van der Waals surface area contributed by atoms with E-state index in [0.717, 1.165) is 0 Å². The van der Waals surface area contributed by atoms with Gasteiger partial charge in [-0.25, -0.2) is 0 Å². The molecule has 88 valence electrons. The van der Waals surface area contributed by atoms with Gasteiger partial charge in [-0.05, 0) is 24.6 Å². The molecule has 0 aliphatic carbocycles. The third-order valence-corrected chi connectivity index (χ3v) is 2.33. The molecule has 0 saturated carbocycles. The molecule has 0 saturated heterocycles. The Morgan fingerprint density at radius 2 is 2.25 bits per heavy atom. The molecule has 1 aromatic carbocycles. The molecule has 0 heterocycles. The first-order valence-corrected chi connectivity index (χ1v) is 5.08. The molecule has 5 nitrogen and oxygen atoms in total. The van der Waals surface area contributed by atoms with Gasteiger partial charge in [0.1, 0.15) is 5.75 Å². The van der Waals surface area contributed by atoms with E-state index in [2.05, 4.69) is 5.32 Å². The molecule has 1 rings (SSSR count). The summed E-state index contributed by atoms with van der Waals surface area (Å²) in [6, 6.07) is 3.88. The molecule has 1 aromatic rings. The minimum absolute atomic E-state index is 0.0172. The van der Waals surface area contributed by atoms with Gasteiger partial charge in [0.25, 0.3) is 5.91 Å². The van der Waals surface area contributed by atoms with E-state index in [1.165, 1.54) is 18.2 Å². The second-order valence-electron chi connectivity index (χ2n) is 3.53. The third-order valence-electron chi connectivity index (χ3n) is 2.33. The Bertz CT molecular complexity index is 375. The van der Waals surface area contributed by atoms with Gasteiger partial charge < -0.3 is 21.3 Å². The van der Waals surface area contributed by atoms with E-state index < -0.39 is 5.91 Å². The number of nitrogens with one attached hydrogen (secondary N) is 1. The zero-order valence-electron chi connectivity index (χ0n) is 9.10. The van der Waals surface area contributed by atoms with Crippen LogP contribution in [0.3, 0.4) is 0 Å². The average Bonchev–Trinajstić information content (AvgIpc) is 2.28. The van der Waals surface area contributed by atoms with Gasteiger partial charge in [0, 0.05) is 5.69 Å². The van der Waals surface area contributed by atoms with Crippen LogP contribution < -0.4 is 11.1 Å². The lowest BCUT2D eigenvalue weighted by Gasteiger charge is -2.14. The second kappa shape index (κ2) is 5.37. The number of aliphatic hydroxyl groups excluding tert-OH is 1. The number of carbonyl (C=O) groups is 1. The quantitative estimate of drug-likeness (QED) is 0.441. The Kier molecular flexibility index (Phi) is 4.13. The summed E-state index contributed by atoms with van der Waals surface area (Å²) in [7, 11) is 0. The molecule has 5 N–H and O–H groups in total. The summed E-state index contributed by atoms with van der Waals surface area (Å²) in [6.07, 6.45) is 0.626. The molecule has 1 atom stereocenters. The van der Waals surface area contributed by atoms with Crippen molar-refractivity contribution in [1.29, 1.82) is 0 Å². The Morgan fingerprint density at radius 1 is 1.56 bits per heavy atom. The summed E-state index contributed by atoms with van der Waals surface area (Å²) in [5.41, 5.74) is 6.12. The summed E-state index contributed by atoms with van der Waals surface area (Å²) in [5.74, 6) is -0.411. The summed E-state index contributed by atoms with van der Waals surface area (Å²) >= 11 is 0. The summed E-state index contributed by atoms with van der Waals surface area (Å²) < 4.78 is 0. The van der Waals surface area contributed by atoms with E-state index in [4.69, 9.17) is 10.8 Å². The smallest absolute Gasteiger partial charge is 0.253 e. The zero-order chi connectivity index (χ0) is 12.1. The molecule has 0 radical (unpaired) electrons.